The number of esters is 1. The Hall–Kier alpha value is -2.44. The van der Waals surface area contributed by atoms with Crippen LogP contribution >= 0.6 is 0 Å². The number of ether oxygens (including phenoxy) is 2. The fourth-order valence-corrected chi connectivity index (χ4v) is 1.58. The molecule has 3 N–H and O–H groups in total. The number of nitrogens with one attached hydrogen (secondary N) is 1. The Kier molecular flexibility index (Phi) is 5.64. The summed E-state index contributed by atoms with van der Waals surface area (Å²) in [6, 6.07) is 3.18. The molecule has 0 aliphatic rings. The van der Waals surface area contributed by atoms with Gasteiger partial charge in [-0.15, -0.1) is 0 Å². The molecule has 7 nitrogen and oxygen atoms in total. The van der Waals surface area contributed by atoms with Gasteiger partial charge in [-0.25, -0.2) is 9.59 Å². The standard InChI is InChI=1S/C13H17NO6/c1-3-20-13(18)14-9(12(17)19-2)6-8-4-5-10(15)11(16)7-8/h4-5,7,9,15-16H,3,6H2,1-2H3,(H,14,18)/t9-/m0/s1. The van der Waals surface area contributed by atoms with Crippen molar-refractivity contribution in [3.63, 3.8) is 0 Å². The highest BCUT2D eigenvalue weighted by atomic mass is 16.6. The molecule has 1 atom stereocenters. The van der Waals surface area contributed by atoms with Crippen molar-refractivity contribution in [2.24, 2.45) is 0 Å². The normalized spacial score (nSPS) is 11.5. The van der Waals surface area contributed by atoms with Crippen molar-refractivity contribution in [3.05, 3.63) is 23.8 Å². The Balaban J connectivity index is 2.80. The molecule has 1 aromatic rings. The van der Waals surface area contributed by atoms with Crippen molar-refractivity contribution in [2.45, 2.75) is 19.4 Å². The lowest BCUT2D eigenvalue weighted by molar-refractivity contribution is -0.142. The van der Waals surface area contributed by atoms with Gasteiger partial charge in [0.2, 0.25) is 0 Å². The Bertz CT molecular complexity index is 488. The summed E-state index contributed by atoms with van der Waals surface area (Å²) in [7, 11) is 1.20. The Morgan fingerprint density at radius 1 is 1.30 bits per heavy atom. The minimum Gasteiger partial charge on any atom is -0.504 e. The first-order chi connectivity index (χ1) is 9.47. The second kappa shape index (κ2) is 7.22. The molecule has 0 aromatic heterocycles. The number of carbonyl (C=O) groups is 2. The predicted octanol–water partition coefficient (Wildman–Crippen LogP) is 0.928. The van der Waals surface area contributed by atoms with E-state index >= 15 is 0 Å². The number of phenolic OH excluding ortho intramolecular Hbond substituents is 2. The van der Waals surface area contributed by atoms with Crippen molar-refractivity contribution in [1.29, 1.82) is 0 Å². The zero-order valence-corrected chi connectivity index (χ0v) is 11.3. The molecule has 0 fully saturated rings. The molecule has 110 valence electrons. The molecule has 0 aliphatic carbocycles. The maximum atomic E-state index is 11.6. The van der Waals surface area contributed by atoms with Gasteiger partial charge in [-0.3, -0.25) is 0 Å². The largest absolute Gasteiger partial charge is 0.504 e. The van der Waals surface area contributed by atoms with Crippen LogP contribution in [0, 0.1) is 0 Å². The summed E-state index contributed by atoms with van der Waals surface area (Å²) >= 11 is 0. The summed E-state index contributed by atoms with van der Waals surface area (Å²) in [5.74, 6) is -1.20. The average Bonchev–Trinajstić information content (AvgIpc) is 2.41. The Morgan fingerprint density at radius 2 is 2.00 bits per heavy atom. The van der Waals surface area contributed by atoms with Gasteiger partial charge in [-0.1, -0.05) is 6.07 Å². The van der Waals surface area contributed by atoms with Crippen LogP contribution in [0.3, 0.4) is 0 Å². The van der Waals surface area contributed by atoms with Crippen molar-refractivity contribution in [1.82, 2.24) is 5.32 Å². The zero-order valence-electron chi connectivity index (χ0n) is 11.3. The molecular weight excluding hydrogens is 266 g/mol. The van der Waals surface area contributed by atoms with Crippen LogP contribution in [0.25, 0.3) is 0 Å². The monoisotopic (exact) mass is 283 g/mol. The fourth-order valence-electron chi connectivity index (χ4n) is 1.58. The molecule has 0 radical (unpaired) electrons. The second-order valence-corrected chi connectivity index (χ2v) is 3.97. The van der Waals surface area contributed by atoms with Crippen molar-refractivity contribution < 1.29 is 29.3 Å². The number of aromatic hydroxyl groups is 2. The van der Waals surface area contributed by atoms with Crippen LogP contribution < -0.4 is 5.32 Å². The van der Waals surface area contributed by atoms with Gasteiger partial charge in [-0.05, 0) is 24.6 Å². The summed E-state index contributed by atoms with van der Waals surface area (Å²) in [5, 5.41) is 21.0. The smallest absolute Gasteiger partial charge is 0.407 e. The van der Waals surface area contributed by atoms with Gasteiger partial charge in [0, 0.05) is 6.42 Å². The number of hydrogen-bond acceptors (Lipinski definition) is 6. The number of hydrogen-bond donors (Lipinski definition) is 3. The highest BCUT2D eigenvalue weighted by Gasteiger charge is 2.22. The van der Waals surface area contributed by atoms with E-state index < -0.39 is 18.1 Å². The zero-order chi connectivity index (χ0) is 15.1. The van der Waals surface area contributed by atoms with Gasteiger partial charge in [0.25, 0.3) is 0 Å². The third-order valence-electron chi connectivity index (χ3n) is 2.53. The summed E-state index contributed by atoms with van der Waals surface area (Å²) in [6.07, 6.45) is -0.634. The quantitative estimate of drug-likeness (QED) is 0.548. The highest BCUT2D eigenvalue weighted by Crippen LogP contribution is 2.25. The summed E-state index contributed by atoms with van der Waals surface area (Å²) in [6.45, 7) is 1.82. The number of amides is 1. The van der Waals surface area contributed by atoms with Gasteiger partial charge in [-0.2, -0.15) is 0 Å². The average molecular weight is 283 g/mol. The van der Waals surface area contributed by atoms with E-state index in [1.165, 1.54) is 25.3 Å². The van der Waals surface area contributed by atoms with Gasteiger partial charge in [0.1, 0.15) is 6.04 Å². The van der Waals surface area contributed by atoms with Crippen molar-refractivity contribution in [3.8, 4) is 11.5 Å². The molecule has 0 unspecified atom stereocenters. The van der Waals surface area contributed by atoms with E-state index in [2.05, 4.69) is 10.1 Å². The number of rotatable bonds is 5. The van der Waals surface area contributed by atoms with E-state index in [0.29, 0.717) is 5.56 Å². The van der Waals surface area contributed by atoms with Gasteiger partial charge < -0.3 is 25.0 Å². The molecule has 0 bridgehead atoms. The molecule has 7 heteroatoms. The SMILES string of the molecule is CCOC(=O)N[C@@H](Cc1ccc(O)c(O)c1)C(=O)OC. The maximum absolute atomic E-state index is 11.6. The number of phenols is 2. The van der Waals surface area contributed by atoms with Crippen LogP contribution in [0.5, 0.6) is 11.5 Å². The molecule has 1 amide bonds. The molecule has 0 heterocycles. The van der Waals surface area contributed by atoms with E-state index in [9.17, 15) is 19.8 Å². The van der Waals surface area contributed by atoms with Gasteiger partial charge in [0.15, 0.2) is 11.5 Å². The maximum Gasteiger partial charge on any atom is 0.407 e. The third kappa shape index (κ3) is 4.34. The van der Waals surface area contributed by atoms with Crippen LogP contribution in [0.15, 0.2) is 18.2 Å². The van der Waals surface area contributed by atoms with E-state index in [-0.39, 0.29) is 24.5 Å². The van der Waals surface area contributed by atoms with Crippen molar-refractivity contribution in [2.75, 3.05) is 13.7 Å². The molecule has 20 heavy (non-hydrogen) atoms. The topological polar surface area (TPSA) is 105 Å². The molecule has 0 saturated heterocycles. The van der Waals surface area contributed by atoms with E-state index in [1.807, 2.05) is 0 Å². The Morgan fingerprint density at radius 3 is 2.55 bits per heavy atom. The summed E-state index contributed by atoms with van der Waals surface area (Å²) in [4.78, 5) is 23.0. The first-order valence-electron chi connectivity index (χ1n) is 5.99. The predicted molar refractivity (Wildman–Crippen MR) is 69.4 cm³/mol. The number of alkyl carbamates (subject to hydrolysis) is 1. The fraction of sp³-hybridized carbons (Fsp3) is 0.385. The molecule has 1 rings (SSSR count). The van der Waals surface area contributed by atoms with E-state index in [1.54, 1.807) is 6.92 Å². The number of benzene rings is 1. The van der Waals surface area contributed by atoms with Crippen LogP contribution in [0.2, 0.25) is 0 Å². The van der Waals surface area contributed by atoms with E-state index in [4.69, 9.17) is 4.74 Å². The minimum atomic E-state index is -0.942. The second-order valence-electron chi connectivity index (χ2n) is 3.97. The van der Waals surface area contributed by atoms with Crippen LogP contribution in [0.1, 0.15) is 12.5 Å². The lowest BCUT2D eigenvalue weighted by Crippen LogP contribution is -2.43. The molecule has 1 aromatic carbocycles. The molecular formula is C13H17NO6. The van der Waals surface area contributed by atoms with Gasteiger partial charge in [0.05, 0.1) is 13.7 Å². The van der Waals surface area contributed by atoms with Crippen LogP contribution in [0.4, 0.5) is 4.79 Å². The van der Waals surface area contributed by atoms with E-state index in [0.717, 1.165) is 0 Å². The first-order valence-corrected chi connectivity index (χ1v) is 5.99. The number of methoxy groups -OCH3 is 1. The van der Waals surface area contributed by atoms with Crippen molar-refractivity contribution >= 4 is 12.1 Å². The lowest BCUT2D eigenvalue weighted by atomic mass is 10.1. The lowest BCUT2D eigenvalue weighted by Gasteiger charge is -2.16. The summed E-state index contributed by atoms with van der Waals surface area (Å²) < 4.78 is 9.30. The van der Waals surface area contributed by atoms with Gasteiger partial charge >= 0.3 is 12.1 Å². The van der Waals surface area contributed by atoms with Crippen LogP contribution in [-0.4, -0.2) is 42.0 Å². The van der Waals surface area contributed by atoms with Crippen LogP contribution in [-0.2, 0) is 20.7 Å². The Labute approximate surface area is 116 Å². The molecule has 0 spiro atoms. The molecule has 0 saturated carbocycles. The first kappa shape index (κ1) is 15.6. The highest BCUT2D eigenvalue weighted by molar-refractivity contribution is 5.81. The molecule has 0 aliphatic heterocycles. The third-order valence-corrected chi connectivity index (χ3v) is 2.53. The minimum absolute atomic E-state index is 0.0966. The summed E-state index contributed by atoms with van der Waals surface area (Å²) in [5.41, 5.74) is 0.549. The number of carbonyl (C=O) groups excluding carboxylic acids is 2.